The zero-order valence-corrected chi connectivity index (χ0v) is 10.2. The Kier molecular flexibility index (Phi) is 2.04. The summed E-state index contributed by atoms with van der Waals surface area (Å²) in [5.41, 5.74) is 1.14. The van der Waals surface area contributed by atoms with Gasteiger partial charge in [0.15, 0.2) is 0 Å². The van der Waals surface area contributed by atoms with E-state index in [1.807, 2.05) is 24.3 Å². The summed E-state index contributed by atoms with van der Waals surface area (Å²) in [6.07, 6.45) is 0. The molecule has 14 heavy (non-hydrogen) atoms. The van der Waals surface area contributed by atoms with Crippen molar-refractivity contribution in [1.29, 1.82) is 0 Å². The van der Waals surface area contributed by atoms with E-state index in [2.05, 4.69) is 36.8 Å². The molecule has 0 amide bonds. The summed E-state index contributed by atoms with van der Waals surface area (Å²) in [6.45, 7) is 0. The molecule has 1 heterocycles. The molecule has 0 spiro atoms. The van der Waals surface area contributed by atoms with Gasteiger partial charge in [0.25, 0.3) is 0 Å². The second kappa shape index (κ2) is 4.24. The van der Waals surface area contributed by atoms with Crippen molar-refractivity contribution in [2.75, 3.05) is 0 Å². The Hall–Kier alpha value is -0.670. The van der Waals surface area contributed by atoms with Gasteiger partial charge in [-0.15, -0.1) is 0 Å². The van der Waals surface area contributed by atoms with Crippen molar-refractivity contribution in [2.24, 2.45) is 0 Å². The number of hydrogen-bond acceptors (Lipinski definition) is 1. The van der Waals surface area contributed by atoms with Crippen LogP contribution < -0.4 is 0 Å². The topological polar surface area (TPSA) is 12.9 Å². The van der Waals surface area contributed by atoms with Crippen LogP contribution in [0.25, 0.3) is 11.3 Å². The number of benzene rings is 1. The second-order valence-corrected chi connectivity index (χ2v) is 4.21. The first-order valence-corrected chi connectivity index (χ1v) is 5.49. The van der Waals surface area contributed by atoms with Crippen molar-refractivity contribution >= 4 is 31.9 Å². The van der Waals surface area contributed by atoms with Crippen LogP contribution >= 0.6 is 31.9 Å². The normalized spacial score (nSPS) is 13.1. The minimum Gasteiger partial charge on any atom is -0.241 e. The van der Waals surface area contributed by atoms with Gasteiger partial charge in [-0.25, -0.2) is 4.98 Å². The third-order valence-corrected chi connectivity index (χ3v) is 2.75. The first kappa shape index (κ1) is 6.75. The third kappa shape index (κ3) is 2.04. The van der Waals surface area contributed by atoms with Crippen LogP contribution in [0.15, 0.2) is 51.5 Å². The van der Waals surface area contributed by atoms with E-state index in [1.54, 1.807) is 0 Å². The van der Waals surface area contributed by atoms with E-state index in [-0.39, 0.29) is 22.7 Å². The molecule has 3 heteroatoms. The SMILES string of the molecule is [2H]c1c(Br)nc(-c2ccccc2Br)c([2H])c1[2H]. The second-order valence-electron chi connectivity index (χ2n) is 2.61. The Morgan fingerprint density at radius 1 is 1.14 bits per heavy atom. The van der Waals surface area contributed by atoms with Crippen molar-refractivity contribution in [3.05, 3.63) is 51.5 Å². The highest BCUT2D eigenvalue weighted by Crippen LogP contribution is 2.26. The highest BCUT2D eigenvalue weighted by atomic mass is 79.9. The average molecular weight is 316 g/mol. The van der Waals surface area contributed by atoms with Crippen LogP contribution in [0.2, 0.25) is 0 Å². The van der Waals surface area contributed by atoms with E-state index in [4.69, 9.17) is 4.11 Å². The van der Waals surface area contributed by atoms with Gasteiger partial charge in [-0.2, -0.15) is 0 Å². The Bertz CT molecular complexity index is 587. The lowest BCUT2D eigenvalue weighted by molar-refractivity contribution is 1.27. The predicted molar refractivity (Wildman–Crippen MR) is 65.1 cm³/mol. The Balaban J connectivity index is 2.73. The molecule has 1 aromatic carbocycles. The molecule has 2 rings (SSSR count). The summed E-state index contributed by atoms with van der Waals surface area (Å²) in [7, 11) is 0. The van der Waals surface area contributed by atoms with E-state index < -0.39 is 0 Å². The van der Waals surface area contributed by atoms with Crippen LogP contribution in [0.4, 0.5) is 0 Å². The van der Waals surface area contributed by atoms with E-state index >= 15 is 0 Å². The molecule has 0 aliphatic rings. The van der Waals surface area contributed by atoms with Crippen LogP contribution in [0.5, 0.6) is 0 Å². The number of rotatable bonds is 1. The summed E-state index contributed by atoms with van der Waals surface area (Å²) in [5, 5.41) is 0. The van der Waals surface area contributed by atoms with E-state index in [1.165, 1.54) is 0 Å². The smallest absolute Gasteiger partial charge is 0.106 e. The Morgan fingerprint density at radius 2 is 1.93 bits per heavy atom. The zero-order valence-electron chi connectivity index (χ0n) is 10.0. The lowest BCUT2D eigenvalue weighted by Gasteiger charge is -2.03. The molecule has 2 aromatic rings. The highest BCUT2D eigenvalue weighted by Gasteiger charge is 2.02. The van der Waals surface area contributed by atoms with Crippen molar-refractivity contribution in [1.82, 2.24) is 4.98 Å². The molecule has 0 bridgehead atoms. The van der Waals surface area contributed by atoms with Crippen LogP contribution in [-0.4, -0.2) is 4.98 Å². The predicted octanol–water partition coefficient (Wildman–Crippen LogP) is 4.27. The number of hydrogen-bond donors (Lipinski definition) is 0. The molecule has 0 aliphatic carbocycles. The summed E-state index contributed by atoms with van der Waals surface area (Å²) in [6, 6.07) is 7.15. The molecule has 0 radical (unpaired) electrons. The van der Waals surface area contributed by atoms with Crippen LogP contribution in [0.1, 0.15) is 4.11 Å². The lowest BCUT2D eigenvalue weighted by Crippen LogP contribution is -1.84. The van der Waals surface area contributed by atoms with E-state index in [0.717, 1.165) is 10.0 Å². The minimum absolute atomic E-state index is 0.0369. The fraction of sp³-hybridized carbons (Fsp3) is 0. The average Bonchev–Trinajstić information content (AvgIpc) is 2.32. The van der Waals surface area contributed by atoms with Gasteiger partial charge in [0.1, 0.15) is 4.60 Å². The van der Waals surface area contributed by atoms with Gasteiger partial charge in [-0.3, -0.25) is 0 Å². The van der Waals surface area contributed by atoms with Crippen LogP contribution in [0.3, 0.4) is 0 Å². The molecule has 0 aliphatic heterocycles. The van der Waals surface area contributed by atoms with Crippen LogP contribution in [-0.2, 0) is 0 Å². The number of pyridine rings is 1. The molecule has 1 nitrogen and oxygen atoms in total. The molecule has 1 aromatic heterocycles. The van der Waals surface area contributed by atoms with Gasteiger partial charge in [0, 0.05) is 10.0 Å². The fourth-order valence-electron chi connectivity index (χ4n) is 1.08. The maximum Gasteiger partial charge on any atom is 0.106 e. The van der Waals surface area contributed by atoms with Gasteiger partial charge < -0.3 is 0 Å². The summed E-state index contributed by atoms with van der Waals surface area (Å²) in [5.74, 6) is 0. The molecule has 70 valence electrons. The van der Waals surface area contributed by atoms with Gasteiger partial charge in [-0.05, 0) is 34.1 Å². The number of halogens is 2. The number of nitrogens with zero attached hydrogens (tertiary/aromatic N) is 1. The third-order valence-electron chi connectivity index (χ3n) is 1.69. The standard InChI is InChI=1S/C11H7Br2N/c12-9-5-2-1-4-8(9)10-6-3-7-11(13)14-10/h1-7H/i3D,6D,7D. The molecule has 0 saturated carbocycles. The minimum atomic E-state index is -0.127. The van der Waals surface area contributed by atoms with Gasteiger partial charge in [-0.1, -0.05) is 40.2 Å². The lowest BCUT2D eigenvalue weighted by atomic mass is 10.1. The van der Waals surface area contributed by atoms with Gasteiger partial charge >= 0.3 is 0 Å². The molecular formula is C11H7Br2N. The van der Waals surface area contributed by atoms with Gasteiger partial charge in [0.05, 0.1) is 9.81 Å². The molecule has 0 fully saturated rings. The molecule has 0 unspecified atom stereocenters. The quantitative estimate of drug-likeness (QED) is 0.716. The number of aromatic nitrogens is 1. The van der Waals surface area contributed by atoms with Crippen molar-refractivity contribution < 1.29 is 4.11 Å². The highest BCUT2D eigenvalue weighted by molar-refractivity contribution is 9.10. The summed E-state index contributed by atoms with van der Waals surface area (Å²) < 4.78 is 24.2. The van der Waals surface area contributed by atoms with Gasteiger partial charge in [0.2, 0.25) is 0 Å². The molecule has 0 N–H and O–H groups in total. The molecule has 0 saturated heterocycles. The largest absolute Gasteiger partial charge is 0.241 e. The first-order chi connectivity index (χ1) is 8.02. The fourth-order valence-corrected chi connectivity index (χ4v) is 1.83. The monoisotopic (exact) mass is 314 g/mol. The molecule has 0 atom stereocenters. The van der Waals surface area contributed by atoms with E-state index in [0.29, 0.717) is 5.69 Å². The first-order valence-electron chi connectivity index (χ1n) is 5.40. The van der Waals surface area contributed by atoms with Crippen LogP contribution in [0, 0.1) is 0 Å². The van der Waals surface area contributed by atoms with Crippen molar-refractivity contribution in [3.8, 4) is 11.3 Å². The van der Waals surface area contributed by atoms with Crippen molar-refractivity contribution in [2.45, 2.75) is 0 Å². The maximum absolute atomic E-state index is 7.86. The summed E-state index contributed by atoms with van der Waals surface area (Å²) >= 11 is 6.52. The Morgan fingerprint density at radius 3 is 2.71 bits per heavy atom. The maximum atomic E-state index is 7.86. The summed E-state index contributed by atoms with van der Waals surface area (Å²) in [4.78, 5) is 4.16. The van der Waals surface area contributed by atoms with E-state index in [9.17, 15) is 0 Å². The zero-order chi connectivity index (χ0) is 12.6. The molecular weight excluding hydrogens is 306 g/mol. The Labute approximate surface area is 104 Å². The van der Waals surface area contributed by atoms with Crippen molar-refractivity contribution in [3.63, 3.8) is 0 Å².